The van der Waals surface area contributed by atoms with E-state index in [4.69, 9.17) is 0 Å². The number of benzene rings is 1. The van der Waals surface area contributed by atoms with Crippen LogP contribution >= 0.6 is 0 Å². The molecule has 1 atom stereocenters. The van der Waals surface area contributed by atoms with Gasteiger partial charge in [0.2, 0.25) is 5.91 Å². The third kappa shape index (κ3) is 6.85. The van der Waals surface area contributed by atoms with Crippen LogP contribution in [0.25, 0.3) is 0 Å². The lowest BCUT2D eigenvalue weighted by Crippen LogP contribution is -2.68. The zero-order valence-corrected chi connectivity index (χ0v) is 12.6. The number of rotatable bonds is 8. The van der Waals surface area contributed by atoms with Crippen LogP contribution < -0.4 is 16.4 Å². The summed E-state index contributed by atoms with van der Waals surface area (Å²) in [5, 5.41) is 4.86. The molecule has 1 aromatic rings. The molecule has 0 heterocycles. The van der Waals surface area contributed by atoms with Gasteiger partial charge in [-0.3, -0.25) is 14.4 Å². The molecule has 0 fully saturated rings. The average Bonchev–Trinajstić information content (AvgIpc) is 2.51. The molecule has 0 aliphatic heterocycles. The van der Waals surface area contributed by atoms with Crippen molar-refractivity contribution in [3.8, 4) is 0 Å². The van der Waals surface area contributed by atoms with E-state index in [1.165, 1.54) is 0 Å². The first-order chi connectivity index (χ1) is 10.5. The van der Waals surface area contributed by atoms with Gasteiger partial charge < -0.3 is 21.1 Å². The van der Waals surface area contributed by atoms with Gasteiger partial charge in [-0.2, -0.15) is 0 Å². The molecule has 7 nitrogen and oxygen atoms in total. The van der Waals surface area contributed by atoms with Gasteiger partial charge in [-0.15, -0.1) is 0 Å². The summed E-state index contributed by atoms with van der Waals surface area (Å²) in [4.78, 5) is 34.4. The van der Waals surface area contributed by atoms with Gasteiger partial charge in [0.1, 0.15) is 6.54 Å². The highest BCUT2D eigenvalue weighted by Crippen LogP contribution is 2.00. The van der Waals surface area contributed by atoms with E-state index in [1.54, 1.807) is 6.92 Å². The molecule has 2 amide bonds. The first-order valence-corrected chi connectivity index (χ1v) is 7.10. The Bertz CT molecular complexity index is 505. The molecule has 7 heteroatoms. The van der Waals surface area contributed by atoms with Crippen LogP contribution in [0.5, 0.6) is 0 Å². The van der Waals surface area contributed by atoms with E-state index in [1.807, 2.05) is 30.3 Å². The summed E-state index contributed by atoms with van der Waals surface area (Å²) in [6.07, 6.45) is 0.497. The number of nitrogens with one attached hydrogen (secondary N) is 2. The predicted octanol–water partition coefficient (Wildman–Crippen LogP) is -1.36. The molecule has 0 aliphatic carbocycles. The normalized spacial score (nSPS) is 11.4. The molecule has 5 N–H and O–H groups in total. The minimum Gasteiger partial charge on any atom is -0.465 e. The van der Waals surface area contributed by atoms with Crippen LogP contribution in [0.3, 0.4) is 0 Å². The Labute approximate surface area is 129 Å². The van der Waals surface area contributed by atoms with Crippen molar-refractivity contribution in [1.82, 2.24) is 10.6 Å². The fraction of sp³-hybridized carbons (Fsp3) is 0.400. The van der Waals surface area contributed by atoms with Crippen molar-refractivity contribution < 1.29 is 24.9 Å². The molecule has 1 rings (SSSR count). The molecule has 0 aromatic heterocycles. The van der Waals surface area contributed by atoms with Crippen LogP contribution in [-0.4, -0.2) is 43.5 Å². The minimum atomic E-state index is -0.513. The third-order valence-corrected chi connectivity index (χ3v) is 2.85. The molecule has 0 spiro atoms. The summed E-state index contributed by atoms with van der Waals surface area (Å²) < 4.78 is 4.67. The molecule has 1 aromatic carbocycles. The highest BCUT2D eigenvalue weighted by atomic mass is 16.5. The summed E-state index contributed by atoms with van der Waals surface area (Å²) >= 11 is 0. The number of carbonyl (C=O) groups is 3. The van der Waals surface area contributed by atoms with Gasteiger partial charge in [0.05, 0.1) is 13.2 Å². The zero-order chi connectivity index (χ0) is 16.4. The summed E-state index contributed by atoms with van der Waals surface area (Å²) in [6.45, 7) is 1.54. The molecule has 0 saturated heterocycles. The monoisotopic (exact) mass is 308 g/mol. The maximum absolute atomic E-state index is 11.8. The molecular weight excluding hydrogens is 286 g/mol. The van der Waals surface area contributed by atoms with Crippen LogP contribution in [0, 0.1) is 0 Å². The molecule has 0 saturated carbocycles. The van der Waals surface area contributed by atoms with Crippen molar-refractivity contribution in [2.45, 2.75) is 19.4 Å². The van der Waals surface area contributed by atoms with Crippen LogP contribution in [0.4, 0.5) is 0 Å². The number of ether oxygens (including phenoxy) is 1. The number of quaternary nitrogens is 1. The van der Waals surface area contributed by atoms with E-state index in [9.17, 15) is 14.4 Å². The van der Waals surface area contributed by atoms with E-state index >= 15 is 0 Å². The van der Waals surface area contributed by atoms with E-state index in [2.05, 4.69) is 21.1 Å². The second kappa shape index (κ2) is 9.51. The fourth-order valence-electron chi connectivity index (χ4n) is 1.75. The summed E-state index contributed by atoms with van der Waals surface area (Å²) in [7, 11) is 0. The van der Waals surface area contributed by atoms with E-state index in [-0.39, 0.29) is 25.6 Å². The van der Waals surface area contributed by atoms with E-state index in [0.29, 0.717) is 6.42 Å². The molecule has 0 bridgehead atoms. The largest absolute Gasteiger partial charge is 0.465 e. The molecule has 1 unspecified atom stereocenters. The van der Waals surface area contributed by atoms with E-state index < -0.39 is 17.9 Å². The van der Waals surface area contributed by atoms with Crippen molar-refractivity contribution in [2.75, 3.05) is 19.7 Å². The van der Waals surface area contributed by atoms with Crippen molar-refractivity contribution in [3.05, 3.63) is 35.9 Å². The highest BCUT2D eigenvalue weighted by Gasteiger charge is 2.18. The fourth-order valence-corrected chi connectivity index (χ4v) is 1.75. The standard InChI is InChI=1S/C15H21N3O4/c1-2-22-14(20)10-17-13(19)9-18-15(21)12(16)8-11-6-4-3-5-7-11/h3-7,12H,2,8-10,16H2,1H3,(H,17,19)(H,18,21)/p+1. The summed E-state index contributed by atoms with van der Waals surface area (Å²) in [5.74, 6) is -1.27. The van der Waals surface area contributed by atoms with Gasteiger partial charge >= 0.3 is 5.97 Å². The maximum atomic E-state index is 11.8. The lowest BCUT2D eigenvalue weighted by molar-refractivity contribution is -0.403. The first-order valence-electron chi connectivity index (χ1n) is 7.10. The lowest BCUT2D eigenvalue weighted by Gasteiger charge is -2.10. The predicted molar refractivity (Wildman–Crippen MR) is 79.5 cm³/mol. The van der Waals surface area contributed by atoms with Crippen LogP contribution in [0.1, 0.15) is 12.5 Å². The van der Waals surface area contributed by atoms with Gasteiger partial charge in [-0.1, -0.05) is 30.3 Å². The van der Waals surface area contributed by atoms with Gasteiger partial charge in [-0.05, 0) is 12.5 Å². The second-order valence-corrected chi connectivity index (χ2v) is 4.69. The number of amides is 2. The first kappa shape index (κ1) is 17.6. The smallest absolute Gasteiger partial charge is 0.325 e. The quantitative estimate of drug-likeness (QED) is 0.515. The van der Waals surface area contributed by atoms with Gasteiger partial charge in [-0.25, -0.2) is 0 Å². The van der Waals surface area contributed by atoms with Crippen molar-refractivity contribution >= 4 is 17.8 Å². The van der Waals surface area contributed by atoms with Crippen LogP contribution in [-0.2, 0) is 25.5 Å². The number of hydrogen-bond donors (Lipinski definition) is 3. The Hall–Kier alpha value is -2.41. The Morgan fingerprint density at radius 2 is 1.82 bits per heavy atom. The molecule has 0 radical (unpaired) electrons. The lowest BCUT2D eigenvalue weighted by atomic mass is 10.1. The summed E-state index contributed by atoms with van der Waals surface area (Å²) in [5.41, 5.74) is 4.80. The van der Waals surface area contributed by atoms with Crippen LogP contribution in [0.15, 0.2) is 30.3 Å². The minimum absolute atomic E-state index is 0.195. The number of esters is 1. The van der Waals surface area contributed by atoms with E-state index in [0.717, 1.165) is 5.56 Å². The number of carbonyl (C=O) groups excluding carboxylic acids is 3. The Kier molecular flexibility index (Phi) is 7.63. The Morgan fingerprint density at radius 3 is 2.45 bits per heavy atom. The zero-order valence-electron chi connectivity index (χ0n) is 12.6. The molecular formula is C15H22N3O4+. The second-order valence-electron chi connectivity index (χ2n) is 4.69. The van der Waals surface area contributed by atoms with Crippen molar-refractivity contribution in [2.24, 2.45) is 0 Å². The molecule has 0 aliphatic rings. The Morgan fingerprint density at radius 1 is 1.14 bits per heavy atom. The average molecular weight is 308 g/mol. The van der Waals surface area contributed by atoms with Crippen LogP contribution in [0.2, 0.25) is 0 Å². The molecule has 120 valence electrons. The number of hydrogen-bond acceptors (Lipinski definition) is 4. The SMILES string of the molecule is CCOC(=O)CNC(=O)CNC(=O)C([NH3+])Cc1ccccc1. The van der Waals surface area contributed by atoms with Gasteiger partial charge in [0.15, 0.2) is 6.04 Å². The van der Waals surface area contributed by atoms with Crippen molar-refractivity contribution in [1.29, 1.82) is 0 Å². The maximum Gasteiger partial charge on any atom is 0.325 e. The topological polar surface area (TPSA) is 112 Å². The molecule has 22 heavy (non-hydrogen) atoms. The van der Waals surface area contributed by atoms with Crippen molar-refractivity contribution in [3.63, 3.8) is 0 Å². The summed E-state index contributed by atoms with van der Waals surface area (Å²) in [6, 6.07) is 9.02. The highest BCUT2D eigenvalue weighted by molar-refractivity contribution is 5.88. The Balaban J connectivity index is 2.27. The third-order valence-electron chi connectivity index (χ3n) is 2.85. The van der Waals surface area contributed by atoms with Gasteiger partial charge in [0, 0.05) is 6.42 Å². The van der Waals surface area contributed by atoms with Gasteiger partial charge in [0.25, 0.3) is 5.91 Å².